The van der Waals surface area contributed by atoms with Crippen molar-refractivity contribution in [2.45, 2.75) is 45.1 Å². The van der Waals surface area contributed by atoms with E-state index in [1.165, 1.54) is 5.56 Å². The number of benzene rings is 1. The summed E-state index contributed by atoms with van der Waals surface area (Å²) in [5, 5.41) is 15.7. The van der Waals surface area contributed by atoms with Crippen LogP contribution >= 0.6 is 24.0 Å². The van der Waals surface area contributed by atoms with Crippen LogP contribution in [0.1, 0.15) is 50.0 Å². The van der Waals surface area contributed by atoms with Crippen molar-refractivity contribution in [2.24, 2.45) is 4.99 Å². The van der Waals surface area contributed by atoms with Crippen molar-refractivity contribution in [2.75, 3.05) is 19.7 Å². The molecule has 0 aliphatic rings. The highest BCUT2D eigenvalue weighted by molar-refractivity contribution is 14.0. The zero-order valence-electron chi connectivity index (χ0n) is 16.1. The Morgan fingerprint density at radius 2 is 1.85 bits per heavy atom. The summed E-state index contributed by atoms with van der Waals surface area (Å²) in [6.07, 6.45) is 6.58. The molecule has 0 saturated carbocycles. The van der Waals surface area contributed by atoms with Gasteiger partial charge in [0.15, 0.2) is 5.96 Å². The molecule has 0 spiro atoms. The van der Waals surface area contributed by atoms with E-state index in [0.717, 1.165) is 56.9 Å². The molecule has 1 unspecified atom stereocenters. The van der Waals surface area contributed by atoms with Gasteiger partial charge in [-0.25, -0.2) is 0 Å². The molecule has 1 aromatic carbocycles. The van der Waals surface area contributed by atoms with Gasteiger partial charge in [-0.15, -0.1) is 24.0 Å². The minimum Gasteiger partial charge on any atom is -0.469 e. The number of unbranched alkanes of at least 4 members (excludes halogenated alkanes) is 3. The molecule has 2 rings (SSSR count). The highest BCUT2D eigenvalue weighted by atomic mass is 127. The molecule has 0 amide bonds. The molecule has 0 bridgehead atoms. The first-order chi connectivity index (χ1) is 12.8. The topological polar surface area (TPSA) is 69.8 Å². The number of nitrogens with one attached hydrogen (secondary N) is 2. The Morgan fingerprint density at radius 3 is 2.56 bits per heavy atom. The molecule has 1 aromatic heterocycles. The number of hydrogen-bond donors (Lipinski definition) is 3. The van der Waals surface area contributed by atoms with Crippen molar-refractivity contribution in [1.82, 2.24) is 10.6 Å². The number of halogens is 1. The van der Waals surface area contributed by atoms with Gasteiger partial charge in [0.1, 0.15) is 5.76 Å². The van der Waals surface area contributed by atoms with E-state index < -0.39 is 0 Å². The average molecular weight is 485 g/mol. The van der Waals surface area contributed by atoms with Crippen molar-refractivity contribution in [3.8, 4) is 0 Å². The van der Waals surface area contributed by atoms with E-state index in [1.807, 2.05) is 18.2 Å². The number of nitrogens with zero attached hydrogens (tertiary/aromatic N) is 1. The fourth-order valence-electron chi connectivity index (χ4n) is 2.71. The molecular weight excluding hydrogens is 453 g/mol. The van der Waals surface area contributed by atoms with E-state index in [2.05, 4.69) is 41.8 Å². The Morgan fingerprint density at radius 1 is 1.07 bits per heavy atom. The van der Waals surface area contributed by atoms with Gasteiger partial charge in [-0.05, 0) is 37.5 Å². The Labute approximate surface area is 179 Å². The average Bonchev–Trinajstić information content (AvgIpc) is 3.18. The fourth-order valence-corrected chi connectivity index (χ4v) is 2.71. The van der Waals surface area contributed by atoms with Crippen LogP contribution in [0.15, 0.2) is 58.1 Å². The van der Waals surface area contributed by atoms with Gasteiger partial charge in [0.05, 0.1) is 12.3 Å². The van der Waals surface area contributed by atoms with Crippen LogP contribution in [-0.4, -0.2) is 30.8 Å². The Balaban J connectivity index is 0.00000364. The molecule has 5 nitrogen and oxygen atoms in total. The molecule has 1 atom stereocenters. The first-order valence-electron chi connectivity index (χ1n) is 9.52. The molecule has 0 fully saturated rings. The summed E-state index contributed by atoms with van der Waals surface area (Å²) in [5.41, 5.74) is 1.23. The predicted molar refractivity (Wildman–Crippen MR) is 122 cm³/mol. The van der Waals surface area contributed by atoms with Crippen LogP contribution in [-0.2, 0) is 6.42 Å². The highest BCUT2D eigenvalue weighted by Crippen LogP contribution is 2.11. The summed E-state index contributed by atoms with van der Waals surface area (Å²) in [7, 11) is 0. The Kier molecular flexibility index (Phi) is 12.6. The van der Waals surface area contributed by atoms with Crippen LogP contribution in [0.3, 0.4) is 0 Å². The second kappa shape index (κ2) is 14.5. The molecule has 6 heteroatoms. The maximum atomic E-state index is 8.84. The maximum absolute atomic E-state index is 8.84. The number of hydrogen-bond acceptors (Lipinski definition) is 3. The number of aliphatic imine (C=N–C) groups is 1. The third-order valence-corrected chi connectivity index (χ3v) is 4.23. The third kappa shape index (κ3) is 9.81. The van der Waals surface area contributed by atoms with Gasteiger partial charge < -0.3 is 20.2 Å². The largest absolute Gasteiger partial charge is 0.469 e. The quantitative estimate of drug-likeness (QED) is 0.192. The van der Waals surface area contributed by atoms with Crippen LogP contribution in [0.4, 0.5) is 0 Å². The van der Waals surface area contributed by atoms with Crippen molar-refractivity contribution in [1.29, 1.82) is 0 Å². The van der Waals surface area contributed by atoms with Gasteiger partial charge >= 0.3 is 0 Å². The van der Waals surface area contributed by atoms with E-state index in [0.29, 0.717) is 0 Å². The standard InChI is InChI=1S/C21H31N3O2.HI/c1-18(19-10-5-4-6-11-19)24-21(22-14-7-2-3-8-16-25)23-15-13-20-12-9-17-26-20;/h4-6,9-12,17-18,25H,2-3,7-8,13-16H2,1H3,(H2,22,23,24);1H. The molecule has 0 aliphatic heterocycles. The molecule has 0 aliphatic carbocycles. The third-order valence-electron chi connectivity index (χ3n) is 4.23. The van der Waals surface area contributed by atoms with E-state index in [4.69, 9.17) is 14.5 Å². The zero-order valence-corrected chi connectivity index (χ0v) is 18.4. The number of rotatable bonds is 11. The molecular formula is C21H32IN3O2. The molecule has 27 heavy (non-hydrogen) atoms. The molecule has 3 N–H and O–H groups in total. The fraction of sp³-hybridized carbons (Fsp3) is 0.476. The summed E-state index contributed by atoms with van der Waals surface area (Å²) in [6, 6.07) is 14.4. The molecule has 0 saturated heterocycles. The van der Waals surface area contributed by atoms with Crippen LogP contribution < -0.4 is 10.6 Å². The Bertz CT molecular complexity index is 618. The van der Waals surface area contributed by atoms with Gasteiger partial charge in [-0.3, -0.25) is 4.99 Å². The van der Waals surface area contributed by atoms with Crippen molar-refractivity contribution in [3.05, 3.63) is 60.1 Å². The lowest BCUT2D eigenvalue weighted by Crippen LogP contribution is -2.39. The minimum atomic E-state index is 0. The highest BCUT2D eigenvalue weighted by Gasteiger charge is 2.07. The minimum absolute atomic E-state index is 0. The number of furan rings is 1. The lowest BCUT2D eigenvalue weighted by molar-refractivity contribution is 0.282. The summed E-state index contributed by atoms with van der Waals surface area (Å²) in [6.45, 7) is 3.97. The first-order valence-corrected chi connectivity index (χ1v) is 9.52. The zero-order chi connectivity index (χ0) is 18.5. The van der Waals surface area contributed by atoms with Crippen molar-refractivity contribution >= 4 is 29.9 Å². The van der Waals surface area contributed by atoms with Gasteiger partial charge in [-0.1, -0.05) is 43.2 Å². The lowest BCUT2D eigenvalue weighted by Gasteiger charge is -2.18. The van der Waals surface area contributed by atoms with E-state index >= 15 is 0 Å². The molecule has 2 aromatic rings. The smallest absolute Gasteiger partial charge is 0.191 e. The molecule has 150 valence electrons. The predicted octanol–water partition coefficient (Wildman–Crippen LogP) is 4.29. The lowest BCUT2D eigenvalue weighted by atomic mass is 10.1. The van der Waals surface area contributed by atoms with Crippen molar-refractivity contribution in [3.63, 3.8) is 0 Å². The van der Waals surface area contributed by atoms with E-state index in [1.54, 1.807) is 6.26 Å². The van der Waals surface area contributed by atoms with Gasteiger partial charge in [0, 0.05) is 26.1 Å². The van der Waals surface area contributed by atoms with Crippen LogP contribution in [0.2, 0.25) is 0 Å². The van der Waals surface area contributed by atoms with Crippen LogP contribution in [0, 0.1) is 0 Å². The summed E-state index contributed by atoms with van der Waals surface area (Å²) >= 11 is 0. The normalized spacial score (nSPS) is 12.3. The van der Waals surface area contributed by atoms with Gasteiger partial charge in [-0.2, -0.15) is 0 Å². The van der Waals surface area contributed by atoms with Gasteiger partial charge in [0.25, 0.3) is 0 Å². The first kappa shape index (κ1) is 23.5. The molecule has 0 radical (unpaired) electrons. The summed E-state index contributed by atoms with van der Waals surface area (Å²) in [4.78, 5) is 4.71. The second-order valence-electron chi connectivity index (χ2n) is 6.40. The van der Waals surface area contributed by atoms with Gasteiger partial charge in [0.2, 0.25) is 0 Å². The van der Waals surface area contributed by atoms with E-state index in [-0.39, 0.29) is 36.6 Å². The van der Waals surface area contributed by atoms with Crippen LogP contribution in [0.25, 0.3) is 0 Å². The summed E-state index contributed by atoms with van der Waals surface area (Å²) < 4.78 is 5.38. The molecule has 1 heterocycles. The van der Waals surface area contributed by atoms with E-state index in [9.17, 15) is 0 Å². The maximum Gasteiger partial charge on any atom is 0.191 e. The number of aliphatic hydroxyl groups excluding tert-OH is 1. The van der Waals surface area contributed by atoms with Crippen molar-refractivity contribution < 1.29 is 9.52 Å². The second-order valence-corrected chi connectivity index (χ2v) is 6.40. The summed E-state index contributed by atoms with van der Waals surface area (Å²) in [5.74, 6) is 1.80. The number of guanidine groups is 1. The van der Waals surface area contributed by atoms with Crippen LogP contribution in [0.5, 0.6) is 0 Å². The Hall–Kier alpha value is -1.54. The SMILES string of the molecule is CC(NC(=NCCCCCCO)NCCc1ccco1)c1ccccc1.I. The monoisotopic (exact) mass is 485 g/mol. The number of aliphatic hydroxyl groups is 1.